The molecule has 4 rings (SSSR count). The summed E-state index contributed by atoms with van der Waals surface area (Å²) < 4.78 is 16.4. The monoisotopic (exact) mass is 424 g/mol. The predicted octanol–water partition coefficient (Wildman–Crippen LogP) is 3.39. The number of piperidine rings is 1. The zero-order chi connectivity index (χ0) is 22.0. The number of methoxy groups -OCH3 is 2. The van der Waals surface area contributed by atoms with Gasteiger partial charge in [0.1, 0.15) is 29.4 Å². The van der Waals surface area contributed by atoms with Gasteiger partial charge < -0.3 is 24.1 Å². The maximum atomic E-state index is 13.0. The van der Waals surface area contributed by atoms with E-state index in [9.17, 15) is 4.79 Å². The molecule has 8 nitrogen and oxygen atoms in total. The molecule has 1 aliphatic heterocycles. The van der Waals surface area contributed by atoms with Crippen molar-refractivity contribution in [3.8, 4) is 11.5 Å². The molecule has 1 atom stereocenters. The fourth-order valence-corrected chi connectivity index (χ4v) is 4.11. The second-order valence-corrected chi connectivity index (χ2v) is 7.84. The third-order valence-electron chi connectivity index (χ3n) is 5.98. The van der Waals surface area contributed by atoms with E-state index in [2.05, 4.69) is 20.2 Å². The van der Waals surface area contributed by atoms with Crippen molar-refractivity contribution in [2.75, 3.05) is 32.2 Å². The van der Waals surface area contributed by atoms with Crippen molar-refractivity contribution in [1.29, 1.82) is 0 Å². The van der Waals surface area contributed by atoms with E-state index in [0.29, 0.717) is 24.6 Å². The first kappa shape index (κ1) is 21.0. The fraction of sp³-hybridized carbons (Fsp3) is 0.435. The summed E-state index contributed by atoms with van der Waals surface area (Å²) in [4.78, 5) is 23.9. The highest BCUT2D eigenvalue weighted by molar-refractivity contribution is 5.90. The zero-order valence-electron chi connectivity index (χ0n) is 18.4. The van der Waals surface area contributed by atoms with Crippen LogP contribution < -0.4 is 19.7 Å². The van der Waals surface area contributed by atoms with Gasteiger partial charge in [-0.2, -0.15) is 0 Å². The molecule has 0 aliphatic carbocycles. The zero-order valence-corrected chi connectivity index (χ0v) is 18.4. The molecular weight excluding hydrogens is 396 g/mol. The van der Waals surface area contributed by atoms with Gasteiger partial charge in [-0.3, -0.25) is 4.79 Å². The molecule has 1 amide bonds. The van der Waals surface area contributed by atoms with Crippen LogP contribution in [0.25, 0.3) is 11.1 Å². The van der Waals surface area contributed by atoms with E-state index in [-0.39, 0.29) is 11.8 Å². The minimum Gasteiger partial charge on any atom is -0.497 e. The Bertz CT molecular complexity index is 1090. The van der Waals surface area contributed by atoms with Crippen molar-refractivity contribution >= 4 is 22.8 Å². The SMILES string of the molecule is COc1ccc(CNC(=O)[C@H]2CCCN(c3ncnc4oc(C)c(C)c34)C2)c(OC)c1. The number of amides is 1. The van der Waals surface area contributed by atoms with Crippen LogP contribution in [0, 0.1) is 19.8 Å². The molecule has 3 heterocycles. The standard InChI is InChI=1S/C23H28N4O4/c1-14-15(2)31-23-20(14)21(25-13-26-23)27-9-5-6-17(12-27)22(28)24-11-16-7-8-18(29-3)10-19(16)30-4/h7-8,10,13,17H,5-6,9,11-12H2,1-4H3,(H,24,28)/t17-/m0/s1. The van der Waals surface area contributed by atoms with E-state index >= 15 is 0 Å². The Morgan fingerprint density at radius 3 is 2.87 bits per heavy atom. The second-order valence-electron chi connectivity index (χ2n) is 7.84. The van der Waals surface area contributed by atoms with Gasteiger partial charge >= 0.3 is 0 Å². The van der Waals surface area contributed by atoms with Crippen LogP contribution in [0.15, 0.2) is 28.9 Å². The number of carbonyl (C=O) groups is 1. The van der Waals surface area contributed by atoms with Crippen molar-refractivity contribution < 1.29 is 18.7 Å². The Kier molecular flexibility index (Phi) is 5.97. The minimum absolute atomic E-state index is 0.0352. The molecule has 1 N–H and O–H groups in total. The van der Waals surface area contributed by atoms with Crippen molar-refractivity contribution in [1.82, 2.24) is 15.3 Å². The summed E-state index contributed by atoms with van der Waals surface area (Å²) in [5.74, 6) is 3.02. The number of benzene rings is 1. The largest absolute Gasteiger partial charge is 0.497 e. The normalized spacial score (nSPS) is 16.4. The van der Waals surface area contributed by atoms with E-state index in [1.54, 1.807) is 14.2 Å². The van der Waals surface area contributed by atoms with Gasteiger partial charge in [0.05, 0.1) is 25.5 Å². The molecule has 1 aliphatic rings. The molecule has 1 saturated heterocycles. The molecular formula is C23H28N4O4. The summed E-state index contributed by atoms with van der Waals surface area (Å²) in [5.41, 5.74) is 2.55. The number of aromatic nitrogens is 2. The molecule has 8 heteroatoms. The van der Waals surface area contributed by atoms with E-state index in [1.165, 1.54) is 6.33 Å². The molecule has 164 valence electrons. The Balaban J connectivity index is 1.46. The highest BCUT2D eigenvalue weighted by Crippen LogP contribution is 2.32. The van der Waals surface area contributed by atoms with Crippen LogP contribution in [0.5, 0.6) is 11.5 Å². The lowest BCUT2D eigenvalue weighted by Gasteiger charge is -2.33. The van der Waals surface area contributed by atoms with Gasteiger partial charge in [0, 0.05) is 36.8 Å². The minimum atomic E-state index is -0.115. The highest BCUT2D eigenvalue weighted by Gasteiger charge is 2.28. The van der Waals surface area contributed by atoms with Gasteiger partial charge in [0.2, 0.25) is 11.6 Å². The van der Waals surface area contributed by atoms with Gasteiger partial charge in [0.15, 0.2) is 0 Å². The number of aryl methyl sites for hydroxylation is 2. The number of hydrogen-bond donors (Lipinski definition) is 1. The summed E-state index contributed by atoms with van der Waals surface area (Å²) >= 11 is 0. The molecule has 0 spiro atoms. The molecule has 0 saturated carbocycles. The first-order valence-electron chi connectivity index (χ1n) is 10.5. The number of carbonyl (C=O) groups excluding carboxylic acids is 1. The molecule has 3 aromatic rings. The van der Waals surface area contributed by atoms with E-state index in [1.807, 2.05) is 32.0 Å². The third kappa shape index (κ3) is 4.15. The lowest BCUT2D eigenvalue weighted by Crippen LogP contribution is -2.43. The number of nitrogens with one attached hydrogen (secondary N) is 1. The second kappa shape index (κ2) is 8.83. The Hall–Kier alpha value is -3.29. The van der Waals surface area contributed by atoms with E-state index in [4.69, 9.17) is 13.9 Å². The van der Waals surface area contributed by atoms with Crippen LogP contribution in [-0.4, -0.2) is 43.2 Å². The van der Waals surface area contributed by atoms with Gasteiger partial charge in [0.25, 0.3) is 0 Å². The van der Waals surface area contributed by atoms with Crippen LogP contribution in [0.1, 0.15) is 29.7 Å². The Labute approximate surface area is 181 Å². The van der Waals surface area contributed by atoms with Crippen LogP contribution in [0.2, 0.25) is 0 Å². The number of ether oxygens (including phenoxy) is 2. The average molecular weight is 425 g/mol. The van der Waals surface area contributed by atoms with Crippen molar-refractivity contribution in [2.45, 2.75) is 33.2 Å². The summed E-state index contributed by atoms with van der Waals surface area (Å²) in [6, 6.07) is 5.59. The third-order valence-corrected chi connectivity index (χ3v) is 5.98. The molecule has 2 aromatic heterocycles. The smallest absolute Gasteiger partial charge is 0.231 e. The summed E-state index contributed by atoms with van der Waals surface area (Å²) in [7, 11) is 3.23. The molecule has 0 radical (unpaired) electrons. The lowest BCUT2D eigenvalue weighted by atomic mass is 9.96. The molecule has 31 heavy (non-hydrogen) atoms. The van der Waals surface area contributed by atoms with Gasteiger partial charge in [-0.1, -0.05) is 0 Å². The Morgan fingerprint density at radius 1 is 1.26 bits per heavy atom. The van der Waals surface area contributed by atoms with Gasteiger partial charge in [-0.15, -0.1) is 0 Å². The Morgan fingerprint density at radius 2 is 2.10 bits per heavy atom. The predicted molar refractivity (Wildman–Crippen MR) is 118 cm³/mol. The van der Waals surface area contributed by atoms with E-state index in [0.717, 1.165) is 53.2 Å². The number of nitrogens with zero attached hydrogens (tertiary/aromatic N) is 3. The van der Waals surface area contributed by atoms with Crippen LogP contribution >= 0.6 is 0 Å². The highest BCUT2D eigenvalue weighted by atomic mass is 16.5. The van der Waals surface area contributed by atoms with Crippen LogP contribution in [-0.2, 0) is 11.3 Å². The summed E-state index contributed by atoms with van der Waals surface area (Å²) in [6.45, 7) is 5.82. The number of anilines is 1. The molecule has 0 bridgehead atoms. The summed E-state index contributed by atoms with van der Waals surface area (Å²) in [5, 5.41) is 4.00. The molecule has 0 unspecified atom stereocenters. The molecule has 1 aromatic carbocycles. The number of hydrogen-bond acceptors (Lipinski definition) is 7. The molecule has 1 fully saturated rings. The average Bonchev–Trinajstić information content (AvgIpc) is 3.10. The van der Waals surface area contributed by atoms with Gasteiger partial charge in [-0.05, 0) is 38.8 Å². The number of rotatable bonds is 6. The maximum Gasteiger partial charge on any atom is 0.231 e. The first-order valence-corrected chi connectivity index (χ1v) is 10.5. The van der Waals surface area contributed by atoms with Crippen molar-refractivity contribution in [3.05, 3.63) is 41.4 Å². The van der Waals surface area contributed by atoms with Gasteiger partial charge in [-0.25, -0.2) is 9.97 Å². The van der Waals surface area contributed by atoms with E-state index < -0.39 is 0 Å². The van der Waals surface area contributed by atoms with Crippen LogP contribution in [0.4, 0.5) is 5.82 Å². The number of fused-ring (bicyclic) bond motifs is 1. The van der Waals surface area contributed by atoms with Crippen molar-refractivity contribution in [2.24, 2.45) is 5.92 Å². The van der Waals surface area contributed by atoms with Crippen LogP contribution in [0.3, 0.4) is 0 Å². The summed E-state index contributed by atoms with van der Waals surface area (Å²) in [6.07, 6.45) is 3.30. The first-order chi connectivity index (χ1) is 15.0. The quantitative estimate of drug-likeness (QED) is 0.649. The maximum absolute atomic E-state index is 13.0. The lowest BCUT2D eigenvalue weighted by molar-refractivity contribution is -0.125. The number of furan rings is 1. The fourth-order valence-electron chi connectivity index (χ4n) is 4.11. The topological polar surface area (TPSA) is 89.7 Å². The van der Waals surface area contributed by atoms with Crippen molar-refractivity contribution in [3.63, 3.8) is 0 Å².